The van der Waals surface area contributed by atoms with Gasteiger partial charge in [-0.3, -0.25) is 9.59 Å². The van der Waals surface area contributed by atoms with Crippen molar-refractivity contribution < 1.29 is 27.5 Å². The maximum absolute atomic E-state index is 13.7. The molecule has 1 aliphatic heterocycles. The first-order valence-electron chi connectivity index (χ1n) is 13.4. The molecular weight excluding hydrogens is 533 g/mol. The van der Waals surface area contributed by atoms with E-state index in [2.05, 4.69) is 5.32 Å². The predicted molar refractivity (Wildman–Crippen MR) is 149 cm³/mol. The number of carbonyl (C=O) groups excluding carboxylic acids is 2. The lowest BCUT2D eigenvalue weighted by molar-refractivity contribution is -0.141. The average Bonchev–Trinajstić information content (AvgIpc) is 3.53. The van der Waals surface area contributed by atoms with Gasteiger partial charge in [-0.25, -0.2) is 12.8 Å². The van der Waals surface area contributed by atoms with Crippen molar-refractivity contribution in [3.63, 3.8) is 0 Å². The fourth-order valence-electron chi connectivity index (χ4n) is 4.79. The van der Waals surface area contributed by atoms with E-state index in [-0.39, 0.29) is 36.9 Å². The Kier molecular flexibility index (Phi) is 10.0. The highest BCUT2D eigenvalue weighted by atomic mass is 32.2. The Morgan fingerprint density at radius 2 is 1.55 bits per heavy atom. The molecule has 0 radical (unpaired) electrons. The van der Waals surface area contributed by atoms with Gasteiger partial charge in [0, 0.05) is 32.6 Å². The van der Waals surface area contributed by atoms with Gasteiger partial charge in [-0.05, 0) is 60.2 Å². The largest absolute Gasteiger partial charge is 0.395 e. The zero-order valence-corrected chi connectivity index (χ0v) is 23.0. The van der Waals surface area contributed by atoms with Gasteiger partial charge >= 0.3 is 0 Å². The van der Waals surface area contributed by atoms with Crippen LogP contribution in [0.2, 0.25) is 0 Å². The molecule has 3 aromatic carbocycles. The highest BCUT2D eigenvalue weighted by Crippen LogP contribution is 2.26. The van der Waals surface area contributed by atoms with Crippen LogP contribution in [0.15, 0.2) is 83.8 Å². The van der Waals surface area contributed by atoms with Crippen molar-refractivity contribution in [2.45, 2.75) is 43.2 Å². The van der Waals surface area contributed by atoms with Crippen LogP contribution in [0, 0.1) is 5.82 Å². The van der Waals surface area contributed by atoms with E-state index in [1.807, 2.05) is 6.07 Å². The van der Waals surface area contributed by atoms with Crippen molar-refractivity contribution in [2.75, 3.05) is 26.2 Å². The highest BCUT2D eigenvalue weighted by Gasteiger charge is 2.31. The van der Waals surface area contributed by atoms with Crippen LogP contribution < -0.4 is 5.32 Å². The summed E-state index contributed by atoms with van der Waals surface area (Å²) in [6, 6.07) is 20.2. The number of nitrogens with zero attached hydrogens (tertiary/aromatic N) is 2. The molecule has 4 rings (SSSR count). The minimum Gasteiger partial charge on any atom is -0.395 e. The summed E-state index contributed by atoms with van der Waals surface area (Å²) in [5, 5.41) is 11.9. The van der Waals surface area contributed by atoms with E-state index >= 15 is 0 Å². The molecule has 2 amide bonds. The number of nitrogens with one attached hydrogen (secondary N) is 1. The van der Waals surface area contributed by atoms with Crippen molar-refractivity contribution in [2.24, 2.45) is 0 Å². The summed E-state index contributed by atoms with van der Waals surface area (Å²) < 4.78 is 40.7. The number of aliphatic hydroxyl groups excluding tert-OH is 1. The standard InChI is InChI=1S/C30H34FN3O5S/c31-26-13-8-24(9-14-26)22-34(29(30(37)32-18-21-35)25-6-2-1-3-7-25)28(36)17-12-23-10-15-27(16-11-23)40(38,39)33-19-4-5-20-33/h1-3,6-11,13-16,29,35H,4-5,12,17-22H2,(H,32,37)/t29-/m1/s1. The molecule has 1 saturated heterocycles. The number of halogens is 1. The number of aliphatic hydroxyl groups is 1. The van der Waals surface area contributed by atoms with Crippen molar-refractivity contribution in [1.82, 2.24) is 14.5 Å². The van der Waals surface area contributed by atoms with Gasteiger partial charge in [-0.15, -0.1) is 0 Å². The summed E-state index contributed by atoms with van der Waals surface area (Å²) in [7, 11) is -3.53. The second kappa shape index (κ2) is 13.6. The lowest BCUT2D eigenvalue weighted by Crippen LogP contribution is -2.44. The van der Waals surface area contributed by atoms with E-state index < -0.39 is 27.8 Å². The minimum atomic E-state index is -3.53. The van der Waals surface area contributed by atoms with Gasteiger partial charge < -0.3 is 15.3 Å². The van der Waals surface area contributed by atoms with E-state index in [0.29, 0.717) is 30.6 Å². The van der Waals surface area contributed by atoms with Crippen molar-refractivity contribution in [3.8, 4) is 0 Å². The molecule has 40 heavy (non-hydrogen) atoms. The third-order valence-corrected chi connectivity index (χ3v) is 8.84. The fourth-order valence-corrected chi connectivity index (χ4v) is 6.31. The Labute approximate surface area is 234 Å². The van der Waals surface area contributed by atoms with Crippen molar-refractivity contribution in [1.29, 1.82) is 0 Å². The van der Waals surface area contributed by atoms with Gasteiger partial charge in [0.25, 0.3) is 0 Å². The Morgan fingerprint density at radius 1 is 0.925 bits per heavy atom. The predicted octanol–water partition coefficient (Wildman–Crippen LogP) is 3.42. The molecule has 2 N–H and O–H groups in total. The van der Waals surface area contributed by atoms with E-state index in [9.17, 15) is 27.5 Å². The summed E-state index contributed by atoms with van der Waals surface area (Å²) in [5.41, 5.74) is 2.04. The lowest BCUT2D eigenvalue weighted by atomic mass is 10.0. The van der Waals surface area contributed by atoms with E-state index in [0.717, 1.165) is 18.4 Å². The SMILES string of the molecule is O=C(NCCO)[C@@H](c1ccccc1)N(Cc1ccc(F)cc1)C(=O)CCc1ccc(S(=O)(=O)N2CCCC2)cc1. The minimum absolute atomic E-state index is 0.0351. The maximum Gasteiger partial charge on any atom is 0.247 e. The monoisotopic (exact) mass is 567 g/mol. The van der Waals surface area contributed by atoms with Crippen LogP contribution >= 0.6 is 0 Å². The first-order valence-corrected chi connectivity index (χ1v) is 14.8. The van der Waals surface area contributed by atoms with E-state index in [1.54, 1.807) is 60.7 Å². The van der Waals surface area contributed by atoms with E-state index in [1.165, 1.54) is 21.3 Å². The fraction of sp³-hybridized carbons (Fsp3) is 0.333. The van der Waals surface area contributed by atoms with Crippen LogP contribution in [0.1, 0.15) is 42.0 Å². The quantitative estimate of drug-likeness (QED) is 0.349. The second-order valence-corrected chi connectivity index (χ2v) is 11.7. The third kappa shape index (κ3) is 7.32. The summed E-state index contributed by atoms with van der Waals surface area (Å²) in [6.45, 7) is 0.905. The van der Waals surface area contributed by atoms with Crippen LogP contribution in [0.5, 0.6) is 0 Å². The molecule has 1 fully saturated rings. The van der Waals surface area contributed by atoms with Crippen LogP contribution in [0.3, 0.4) is 0 Å². The van der Waals surface area contributed by atoms with Crippen LogP contribution in [0.25, 0.3) is 0 Å². The third-order valence-electron chi connectivity index (χ3n) is 6.93. The molecule has 0 saturated carbocycles. The summed E-state index contributed by atoms with van der Waals surface area (Å²) in [4.78, 5) is 28.7. The molecule has 3 aromatic rings. The number of amides is 2. The van der Waals surface area contributed by atoms with Gasteiger partial charge in [0.05, 0.1) is 11.5 Å². The zero-order valence-electron chi connectivity index (χ0n) is 22.2. The molecule has 0 aromatic heterocycles. The number of hydrogen-bond acceptors (Lipinski definition) is 5. The molecule has 8 nitrogen and oxygen atoms in total. The van der Waals surface area contributed by atoms with Gasteiger partial charge in [0.15, 0.2) is 0 Å². The van der Waals surface area contributed by atoms with Gasteiger partial charge in [-0.1, -0.05) is 54.6 Å². The molecule has 1 atom stereocenters. The average molecular weight is 568 g/mol. The number of sulfonamides is 1. The Hall–Kier alpha value is -3.60. The Morgan fingerprint density at radius 3 is 2.17 bits per heavy atom. The Balaban J connectivity index is 1.55. The van der Waals surface area contributed by atoms with Crippen molar-refractivity contribution in [3.05, 3.63) is 101 Å². The van der Waals surface area contributed by atoms with Crippen LogP contribution in [0.4, 0.5) is 4.39 Å². The number of hydrogen-bond donors (Lipinski definition) is 2. The summed E-state index contributed by atoms with van der Waals surface area (Å²) >= 11 is 0. The second-order valence-electron chi connectivity index (χ2n) is 9.73. The highest BCUT2D eigenvalue weighted by molar-refractivity contribution is 7.89. The van der Waals surface area contributed by atoms with Gasteiger partial charge in [-0.2, -0.15) is 4.31 Å². The van der Waals surface area contributed by atoms with Gasteiger partial charge in [0.1, 0.15) is 11.9 Å². The first-order chi connectivity index (χ1) is 19.3. The number of benzene rings is 3. The summed E-state index contributed by atoms with van der Waals surface area (Å²) in [6.07, 6.45) is 2.12. The zero-order chi connectivity index (χ0) is 28.5. The number of rotatable bonds is 12. The number of aryl methyl sites for hydroxylation is 1. The van der Waals surface area contributed by atoms with Crippen molar-refractivity contribution >= 4 is 21.8 Å². The molecule has 212 valence electrons. The topological polar surface area (TPSA) is 107 Å². The Bertz CT molecular complexity index is 1380. The molecule has 10 heteroatoms. The first kappa shape index (κ1) is 29.4. The molecule has 0 bridgehead atoms. The summed E-state index contributed by atoms with van der Waals surface area (Å²) in [5.74, 6) is -1.14. The smallest absolute Gasteiger partial charge is 0.247 e. The van der Waals surface area contributed by atoms with Crippen LogP contribution in [-0.4, -0.2) is 60.8 Å². The number of carbonyl (C=O) groups is 2. The molecule has 1 aliphatic rings. The molecular formula is C30H34FN3O5S. The van der Waals surface area contributed by atoms with E-state index in [4.69, 9.17) is 0 Å². The lowest BCUT2D eigenvalue weighted by Gasteiger charge is -2.32. The molecule has 1 heterocycles. The van der Waals surface area contributed by atoms with Gasteiger partial charge in [0.2, 0.25) is 21.8 Å². The normalized spacial score (nSPS) is 14.6. The molecule has 0 aliphatic carbocycles. The molecule has 0 spiro atoms. The molecule has 0 unspecified atom stereocenters. The van der Waals surface area contributed by atoms with Crippen LogP contribution in [-0.2, 0) is 32.6 Å². The maximum atomic E-state index is 13.7.